The number of aromatic amines is 1. The summed E-state index contributed by atoms with van der Waals surface area (Å²) in [6.07, 6.45) is -4.71. The van der Waals surface area contributed by atoms with E-state index in [1.807, 2.05) is 0 Å². The maximum atomic E-state index is 13.0. The Morgan fingerprint density at radius 3 is 2.83 bits per heavy atom. The molecule has 1 amide bonds. The van der Waals surface area contributed by atoms with E-state index in [0.717, 1.165) is 0 Å². The van der Waals surface area contributed by atoms with E-state index in [0.29, 0.717) is 23.0 Å². The molecule has 1 aromatic carbocycles. The predicted molar refractivity (Wildman–Crippen MR) is 91.9 cm³/mol. The quantitative estimate of drug-likeness (QED) is 0.664. The number of aryl methyl sites for hydroxylation is 1. The summed E-state index contributed by atoms with van der Waals surface area (Å²) in [5.74, 6) is 0.977. The highest BCUT2D eigenvalue weighted by Crippen LogP contribution is 2.36. The molecule has 11 heteroatoms. The van der Waals surface area contributed by atoms with Crippen molar-refractivity contribution in [2.75, 3.05) is 12.1 Å². The number of nitrogens with one attached hydrogen (secondary N) is 2. The second kappa shape index (κ2) is 7.08. The third-order valence-electron chi connectivity index (χ3n) is 4.06. The van der Waals surface area contributed by atoms with Crippen molar-refractivity contribution in [3.8, 4) is 17.2 Å². The summed E-state index contributed by atoms with van der Waals surface area (Å²) < 4.78 is 60.3. The maximum Gasteiger partial charge on any atom is 0.437 e. The Morgan fingerprint density at radius 1 is 1.24 bits per heavy atom. The molecule has 0 atom stereocenters. The fraction of sp³-hybridized carbons (Fsp3) is 0.222. The number of rotatable bonds is 5. The number of alkyl halides is 3. The van der Waals surface area contributed by atoms with Crippen LogP contribution in [-0.4, -0.2) is 22.9 Å². The summed E-state index contributed by atoms with van der Waals surface area (Å²) in [7, 11) is 0. The van der Waals surface area contributed by atoms with E-state index in [9.17, 15) is 18.0 Å². The Bertz CT molecular complexity index is 1060. The van der Waals surface area contributed by atoms with E-state index in [-0.39, 0.29) is 24.9 Å². The minimum Gasteiger partial charge on any atom is -0.486 e. The van der Waals surface area contributed by atoms with Crippen molar-refractivity contribution in [1.82, 2.24) is 10.2 Å². The number of amides is 1. The van der Waals surface area contributed by atoms with Gasteiger partial charge in [-0.05, 0) is 31.2 Å². The number of aromatic nitrogens is 2. The number of fused-ring (bicyclic) bond motifs is 1. The normalized spacial score (nSPS) is 12.8. The Labute approximate surface area is 161 Å². The van der Waals surface area contributed by atoms with Crippen LogP contribution in [0.2, 0.25) is 0 Å². The van der Waals surface area contributed by atoms with Crippen LogP contribution in [0.3, 0.4) is 0 Å². The van der Waals surface area contributed by atoms with Gasteiger partial charge in [-0.2, -0.15) is 18.3 Å². The topological polar surface area (TPSA) is 98.6 Å². The molecule has 0 saturated heterocycles. The van der Waals surface area contributed by atoms with Gasteiger partial charge < -0.3 is 23.9 Å². The van der Waals surface area contributed by atoms with Crippen LogP contribution in [0, 0.1) is 6.92 Å². The van der Waals surface area contributed by atoms with Gasteiger partial charge in [-0.1, -0.05) is 0 Å². The maximum absolute atomic E-state index is 13.0. The van der Waals surface area contributed by atoms with E-state index < -0.39 is 23.5 Å². The van der Waals surface area contributed by atoms with Crippen LogP contribution in [-0.2, 0) is 12.8 Å². The fourth-order valence-corrected chi connectivity index (χ4v) is 2.66. The van der Waals surface area contributed by atoms with Gasteiger partial charge in [-0.15, -0.1) is 0 Å². The molecule has 2 N–H and O–H groups in total. The SMILES string of the molecule is Cc1[nH]nc(C(F)(F)F)c1NC(=O)c1ccc(COc2ccc3c(c2)OCO3)o1. The van der Waals surface area contributed by atoms with Crippen molar-refractivity contribution < 1.29 is 36.6 Å². The zero-order valence-electron chi connectivity index (χ0n) is 14.9. The number of halogens is 3. The molecule has 1 aliphatic heterocycles. The molecule has 1 aliphatic rings. The van der Waals surface area contributed by atoms with Crippen LogP contribution < -0.4 is 19.5 Å². The van der Waals surface area contributed by atoms with Crippen molar-refractivity contribution >= 4 is 11.6 Å². The third-order valence-corrected chi connectivity index (χ3v) is 4.06. The molecule has 0 saturated carbocycles. The van der Waals surface area contributed by atoms with Crippen molar-refractivity contribution in [2.45, 2.75) is 19.7 Å². The molecule has 0 aliphatic carbocycles. The van der Waals surface area contributed by atoms with Gasteiger partial charge in [0.1, 0.15) is 18.1 Å². The van der Waals surface area contributed by atoms with Crippen molar-refractivity contribution in [1.29, 1.82) is 0 Å². The van der Waals surface area contributed by atoms with Gasteiger partial charge in [-0.3, -0.25) is 9.89 Å². The number of anilines is 1. The number of H-pyrrole nitrogens is 1. The minimum absolute atomic E-state index is 0.00542. The van der Waals surface area contributed by atoms with Crippen LogP contribution in [0.15, 0.2) is 34.7 Å². The molecule has 0 unspecified atom stereocenters. The average molecular weight is 409 g/mol. The molecule has 2 aromatic heterocycles. The lowest BCUT2D eigenvalue weighted by Crippen LogP contribution is -2.16. The summed E-state index contributed by atoms with van der Waals surface area (Å²) in [5, 5.41) is 7.58. The summed E-state index contributed by atoms with van der Waals surface area (Å²) >= 11 is 0. The van der Waals surface area contributed by atoms with E-state index in [1.165, 1.54) is 19.1 Å². The van der Waals surface area contributed by atoms with E-state index in [1.54, 1.807) is 18.2 Å². The standard InChI is InChI=1S/C18H14F3N3O5/c1-9-15(16(24-23-9)18(19,20)21)22-17(25)13-5-3-11(29-13)7-26-10-2-4-12-14(6-10)28-8-27-12/h2-6H,7-8H2,1H3,(H,22,25)(H,23,24). The van der Waals surface area contributed by atoms with Crippen LogP contribution in [0.4, 0.5) is 18.9 Å². The lowest BCUT2D eigenvalue weighted by atomic mass is 10.2. The highest BCUT2D eigenvalue weighted by molar-refractivity contribution is 6.03. The molecule has 4 rings (SSSR count). The number of benzene rings is 1. The molecule has 0 radical (unpaired) electrons. The smallest absolute Gasteiger partial charge is 0.437 e. The number of nitrogens with zero attached hydrogens (tertiary/aromatic N) is 1. The lowest BCUT2D eigenvalue weighted by Gasteiger charge is -2.08. The van der Waals surface area contributed by atoms with Crippen LogP contribution in [0.1, 0.15) is 27.7 Å². The molecule has 0 spiro atoms. The van der Waals surface area contributed by atoms with Crippen molar-refractivity contribution in [3.63, 3.8) is 0 Å². The average Bonchev–Trinajstić information content (AvgIpc) is 3.39. The highest BCUT2D eigenvalue weighted by atomic mass is 19.4. The molecule has 152 valence electrons. The minimum atomic E-state index is -4.71. The first-order chi connectivity index (χ1) is 13.8. The van der Waals surface area contributed by atoms with E-state index in [4.69, 9.17) is 18.6 Å². The molecule has 3 aromatic rings. The summed E-state index contributed by atoms with van der Waals surface area (Å²) in [6, 6.07) is 7.87. The molecule has 8 nitrogen and oxygen atoms in total. The lowest BCUT2D eigenvalue weighted by molar-refractivity contribution is -0.140. The van der Waals surface area contributed by atoms with Crippen LogP contribution in [0.5, 0.6) is 17.2 Å². The Hall–Kier alpha value is -3.63. The van der Waals surface area contributed by atoms with Gasteiger partial charge in [0.2, 0.25) is 6.79 Å². The zero-order valence-corrected chi connectivity index (χ0v) is 14.9. The molecule has 0 fully saturated rings. The largest absolute Gasteiger partial charge is 0.486 e. The van der Waals surface area contributed by atoms with Gasteiger partial charge in [0.05, 0.1) is 11.4 Å². The Morgan fingerprint density at radius 2 is 2.03 bits per heavy atom. The number of carbonyl (C=O) groups excluding carboxylic acids is 1. The first-order valence-electron chi connectivity index (χ1n) is 8.36. The third kappa shape index (κ3) is 3.84. The summed E-state index contributed by atoms with van der Waals surface area (Å²) in [6.45, 7) is 1.51. The fourth-order valence-electron chi connectivity index (χ4n) is 2.66. The Balaban J connectivity index is 1.41. The highest BCUT2D eigenvalue weighted by Gasteiger charge is 2.38. The second-order valence-corrected chi connectivity index (χ2v) is 6.09. The first kappa shape index (κ1) is 18.7. The molecule has 3 heterocycles. The molecule has 29 heavy (non-hydrogen) atoms. The van der Waals surface area contributed by atoms with Crippen LogP contribution >= 0.6 is 0 Å². The van der Waals surface area contributed by atoms with Gasteiger partial charge in [-0.25, -0.2) is 0 Å². The first-order valence-corrected chi connectivity index (χ1v) is 8.36. The van der Waals surface area contributed by atoms with E-state index in [2.05, 4.69) is 15.5 Å². The van der Waals surface area contributed by atoms with Crippen molar-refractivity contribution in [3.05, 3.63) is 53.2 Å². The second-order valence-electron chi connectivity index (χ2n) is 6.09. The molecule has 0 bridgehead atoms. The van der Waals surface area contributed by atoms with E-state index >= 15 is 0 Å². The molecular formula is C18H14F3N3O5. The van der Waals surface area contributed by atoms with Crippen LogP contribution in [0.25, 0.3) is 0 Å². The zero-order chi connectivity index (χ0) is 20.6. The van der Waals surface area contributed by atoms with Gasteiger partial charge in [0.15, 0.2) is 23.0 Å². The Kier molecular flexibility index (Phi) is 4.57. The number of furan rings is 1. The van der Waals surface area contributed by atoms with Gasteiger partial charge in [0.25, 0.3) is 5.91 Å². The van der Waals surface area contributed by atoms with Crippen molar-refractivity contribution in [2.24, 2.45) is 0 Å². The number of carbonyl (C=O) groups is 1. The van der Waals surface area contributed by atoms with Gasteiger partial charge >= 0.3 is 6.18 Å². The predicted octanol–water partition coefficient (Wildman–Crippen LogP) is 3.89. The number of ether oxygens (including phenoxy) is 3. The monoisotopic (exact) mass is 409 g/mol. The number of hydrogen-bond donors (Lipinski definition) is 2. The number of hydrogen-bond acceptors (Lipinski definition) is 6. The van der Waals surface area contributed by atoms with Gasteiger partial charge in [0, 0.05) is 6.07 Å². The molecular weight excluding hydrogens is 395 g/mol. The summed E-state index contributed by atoms with van der Waals surface area (Å²) in [5.41, 5.74) is -1.58. The summed E-state index contributed by atoms with van der Waals surface area (Å²) in [4.78, 5) is 12.3.